The summed E-state index contributed by atoms with van der Waals surface area (Å²) in [5, 5.41) is 1.01. The molecule has 2 rings (SSSR count). The van der Waals surface area contributed by atoms with Crippen LogP contribution in [0.1, 0.15) is 11.7 Å². The number of rotatable bonds is 3. The molecule has 1 heterocycles. The number of hydrogen-bond acceptors (Lipinski definition) is 3. The van der Waals surface area contributed by atoms with Crippen molar-refractivity contribution in [2.24, 2.45) is 0 Å². The number of ether oxygens (including phenoxy) is 1. The molecule has 0 saturated heterocycles. The van der Waals surface area contributed by atoms with E-state index in [-0.39, 0.29) is 11.9 Å². The zero-order chi connectivity index (χ0) is 13.3. The molecule has 0 bridgehead atoms. The first-order valence-corrected chi connectivity index (χ1v) is 5.91. The van der Waals surface area contributed by atoms with Crippen molar-refractivity contribution < 1.29 is 9.53 Å². The molecular formula is C14H18N2O2. The molecule has 0 saturated carbocycles. The Morgan fingerprint density at radius 3 is 2.67 bits per heavy atom. The standard InChI is InChI=1S/C14H18N2O2/c1-10(15(2)3)14(17)16-9-8-11-6-5-7-12(18-4)13(11)16/h5-10H,1-4H3/t10-/m1/s1. The number of benzene rings is 1. The van der Waals surface area contributed by atoms with Crippen LogP contribution in [0, 0.1) is 0 Å². The highest BCUT2D eigenvalue weighted by atomic mass is 16.5. The molecule has 2 aromatic rings. The lowest BCUT2D eigenvalue weighted by molar-refractivity contribution is 0.0809. The molecule has 4 nitrogen and oxygen atoms in total. The minimum atomic E-state index is -0.175. The fourth-order valence-electron chi connectivity index (χ4n) is 1.93. The summed E-state index contributed by atoms with van der Waals surface area (Å²) < 4.78 is 7.00. The first-order chi connectivity index (χ1) is 8.56. The number of para-hydroxylation sites is 1. The summed E-state index contributed by atoms with van der Waals surface area (Å²) in [6.45, 7) is 1.89. The Morgan fingerprint density at radius 2 is 2.06 bits per heavy atom. The second-order valence-corrected chi connectivity index (χ2v) is 4.56. The molecular weight excluding hydrogens is 228 g/mol. The Morgan fingerprint density at radius 1 is 1.33 bits per heavy atom. The van der Waals surface area contributed by atoms with Gasteiger partial charge in [-0.15, -0.1) is 0 Å². The van der Waals surface area contributed by atoms with E-state index in [1.807, 2.05) is 50.2 Å². The molecule has 0 unspecified atom stereocenters. The predicted molar refractivity (Wildman–Crippen MR) is 72.3 cm³/mol. The van der Waals surface area contributed by atoms with Gasteiger partial charge in [-0.3, -0.25) is 14.3 Å². The zero-order valence-corrected chi connectivity index (χ0v) is 11.2. The lowest BCUT2D eigenvalue weighted by Gasteiger charge is -2.19. The van der Waals surface area contributed by atoms with E-state index in [9.17, 15) is 4.79 Å². The monoisotopic (exact) mass is 246 g/mol. The van der Waals surface area contributed by atoms with E-state index in [0.29, 0.717) is 0 Å². The van der Waals surface area contributed by atoms with E-state index in [0.717, 1.165) is 16.7 Å². The smallest absolute Gasteiger partial charge is 0.248 e. The zero-order valence-electron chi connectivity index (χ0n) is 11.2. The van der Waals surface area contributed by atoms with Gasteiger partial charge in [0.25, 0.3) is 0 Å². The van der Waals surface area contributed by atoms with E-state index in [1.165, 1.54) is 0 Å². The fraction of sp³-hybridized carbons (Fsp3) is 0.357. The molecule has 0 aliphatic carbocycles. The second-order valence-electron chi connectivity index (χ2n) is 4.56. The van der Waals surface area contributed by atoms with Crippen molar-refractivity contribution >= 4 is 16.8 Å². The van der Waals surface area contributed by atoms with Gasteiger partial charge in [-0.1, -0.05) is 12.1 Å². The van der Waals surface area contributed by atoms with Gasteiger partial charge in [0.15, 0.2) is 0 Å². The number of hydrogen-bond donors (Lipinski definition) is 0. The maximum absolute atomic E-state index is 12.4. The molecule has 0 aliphatic rings. The third-order valence-electron chi connectivity index (χ3n) is 3.26. The average molecular weight is 246 g/mol. The molecule has 1 aromatic heterocycles. The highest BCUT2D eigenvalue weighted by Crippen LogP contribution is 2.26. The average Bonchev–Trinajstić information content (AvgIpc) is 2.80. The van der Waals surface area contributed by atoms with Crippen LogP contribution in [0.2, 0.25) is 0 Å². The van der Waals surface area contributed by atoms with Gasteiger partial charge in [0, 0.05) is 11.6 Å². The molecule has 0 fully saturated rings. The molecule has 18 heavy (non-hydrogen) atoms. The summed E-state index contributed by atoms with van der Waals surface area (Å²) in [5.74, 6) is 0.760. The molecule has 4 heteroatoms. The van der Waals surface area contributed by atoms with E-state index < -0.39 is 0 Å². The minimum Gasteiger partial charge on any atom is -0.495 e. The van der Waals surface area contributed by atoms with Gasteiger partial charge in [-0.05, 0) is 33.2 Å². The normalized spacial score (nSPS) is 12.9. The molecule has 0 N–H and O–H groups in total. The van der Waals surface area contributed by atoms with Gasteiger partial charge in [-0.2, -0.15) is 0 Å². The first kappa shape index (κ1) is 12.6. The van der Waals surface area contributed by atoms with Crippen LogP contribution < -0.4 is 4.74 Å². The number of likely N-dealkylation sites (N-methyl/N-ethyl adjacent to an activating group) is 1. The molecule has 0 amide bonds. The van der Waals surface area contributed by atoms with Crippen LogP contribution in [0.3, 0.4) is 0 Å². The van der Waals surface area contributed by atoms with Crippen LogP contribution in [0.25, 0.3) is 10.9 Å². The molecule has 0 spiro atoms. The maximum atomic E-state index is 12.4. The van der Waals surface area contributed by atoms with Crippen molar-refractivity contribution in [2.45, 2.75) is 13.0 Å². The quantitative estimate of drug-likeness (QED) is 0.833. The Labute approximate surface area is 107 Å². The van der Waals surface area contributed by atoms with Gasteiger partial charge in [0.2, 0.25) is 5.91 Å². The van der Waals surface area contributed by atoms with Gasteiger partial charge >= 0.3 is 0 Å². The fourth-order valence-corrected chi connectivity index (χ4v) is 1.93. The van der Waals surface area contributed by atoms with Crippen LogP contribution in [-0.2, 0) is 0 Å². The second kappa shape index (κ2) is 4.82. The van der Waals surface area contributed by atoms with Crippen LogP contribution in [0.5, 0.6) is 5.75 Å². The topological polar surface area (TPSA) is 34.5 Å². The third-order valence-corrected chi connectivity index (χ3v) is 3.26. The van der Waals surface area contributed by atoms with Crippen molar-refractivity contribution in [3.63, 3.8) is 0 Å². The summed E-state index contributed by atoms with van der Waals surface area (Å²) in [4.78, 5) is 14.3. The highest BCUT2D eigenvalue weighted by Gasteiger charge is 2.19. The minimum absolute atomic E-state index is 0.0412. The van der Waals surface area contributed by atoms with E-state index >= 15 is 0 Å². The molecule has 0 radical (unpaired) electrons. The lowest BCUT2D eigenvalue weighted by atomic mass is 10.2. The van der Waals surface area contributed by atoms with Crippen molar-refractivity contribution in [1.29, 1.82) is 0 Å². The Bertz CT molecular complexity index is 572. The highest BCUT2D eigenvalue weighted by molar-refractivity contribution is 5.97. The summed E-state index contributed by atoms with van der Waals surface area (Å²) in [7, 11) is 5.41. The number of aromatic nitrogens is 1. The van der Waals surface area contributed by atoms with Crippen molar-refractivity contribution in [3.8, 4) is 5.75 Å². The number of fused-ring (bicyclic) bond motifs is 1. The van der Waals surface area contributed by atoms with Crippen molar-refractivity contribution in [1.82, 2.24) is 9.47 Å². The number of carbonyl (C=O) groups is 1. The third kappa shape index (κ3) is 1.99. The molecule has 1 aromatic carbocycles. The lowest BCUT2D eigenvalue weighted by Crippen LogP contribution is -2.36. The van der Waals surface area contributed by atoms with Gasteiger partial charge in [0.05, 0.1) is 18.7 Å². The van der Waals surface area contributed by atoms with Crippen LogP contribution in [-0.4, -0.2) is 42.6 Å². The van der Waals surface area contributed by atoms with Crippen LogP contribution in [0.4, 0.5) is 0 Å². The van der Waals surface area contributed by atoms with E-state index in [4.69, 9.17) is 4.74 Å². The molecule has 0 aliphatic heterocycles. The molecule has 1 atom stereocenters. The summed E-state index contributed by atoms with van der Waals surface area (Å²) in [5.41, 5.74) is 0.832. The van der Waals surface area contributed by atoms with Crippen LogP contribution >= 0.6 is 0 Å². The van der Waals surface area contributed by atoms with Crippen LogP contribution in [0.15, 0.2) is 30.5 Å². The first-order valence-electron chi connectivity index (χ1n) is 5.91. The largest absolute Gasteiger partial charge is 0.495 e. The Hall–Kier alpha value is -1.81. The summed E-state index contributed by atoms with van der Waals surface area (Å²) >= 11 is 0. The predicted octanol–water partition coefficient (Wildman–Crippen LogP) is 2.24. The van der Waals surface area contributed by atoms with Crippen molar-refractivity contribution in [2.75, 3.05) is 21.2 Å². The Balaban J connectivity index is 2.55. The van der Waals surface area contributed by atoms with Crippen molar-refractivity contribution in [3.05, 3.63) is 30.5 Å². The SMILES string of the molecule is COc1cccc2ccn(C(=O)[C@@H](C)N(C)C)c12. The summed E-state index contributed by atoms with van der Waals surface area (Å²) in [6, 6.07) is 7.52. The van der Waals surface area contributed by atoms with E-state index in [1.54, 1.807) is 17.9 Å². The number of carbonyl (C=O) groups excluding carboxylic acids is 1. The number of nitrogens with zero attached hydrogens (tertiary/aromatic N) is 2. The number of methoxy groups -OCH3 is 1. The molecule has 96 valence electrons. The van der Waals surface area contributed by atoms with Gasteiger partial charge < -0.3 is 4.74 Å². The van der Waals surface area contributed by atoms with E-state index in [2.05, 4.69) is 0 Å². The van der Waals surface area contributed by atoms with Gasteiger partial charge in [0.1, 0.15) is 5.75 Å². The van der Waals surface area contributed by atoms with Gasteiger partial charge in [-0.25, -0.2) is 0 Å². The Kier molecular flexibility index (Phi) is 3.39. The maximum Gasteiger partial charge on any atom is 0.248 e. The summed E-state index contributed by atoms with van der Waals surface area (Å²) in [6.07, 6.45) is 1.80.